The average molecular weight is 435 g/mol. The summed E-state index contributed by atoms with van der Waals surface area (Å²) >= 11 is 0. The van der Waals surface area contributed by atoms with Gasteiger partial charge in [0.25, 0.3) is 5.91 Å². The van der Waals surface area contributed by atoms with Crippen LogP contribution in [0.3, 0.4) is 0 Å². The van der Waals surface area contributed by atoms with Gasteiger partial charge < -0.3 is 19.9 Å². The highest BCUT2D eigenvalue weighted by atomic mass is 16.5. The Bertz CT molecular complexity index is 1190. The molecule has 2 heterocycles. The molecule has 1 unspecified atom stereocenters. The molecule has 0 saturated carbocycles. The molecule has 1 aliphatic heterocycles. The number of rotatable bonds is 6. The highest BCUT2D eigenvalue weighted by molar-refractivity contribution is 6.10. The SMILES string of the molecule is COc1ccc(C2(C)NC(=O)N(CC(=O)Nc3ccccc3-c3noc(C)n3)C2=O)cc1. The number of urea groups is 1. The van der Waals surface area contributed by atoms with Crippen LogP contribution in [-0.4, -0.2) is 46.5 Å². The number of aryl methyl sites for hydroxylation is 1. The lowest BCUT2D eigenvalue weighted by molar-refractivity contribution is -0.133. The van der Waals surface area contributed by atoms with Crippen molar-refractivity contribution in [2.45, 2.75) is 19.4 Å². The van der Waals surface area contributed by atoms with E-state index in [0.717, 1.165) is 4.90 Å². The standard InChI is InChI=1S/C22H21N5O5/c1-13-23-19(26-32-13)16-6-4-5-7-17(16)24-18(28)12-27-20(29)22(2,25-21(27)30)14-8-10-15(31-3)11-9-14/h4-11H,12H2,1-3H3,(H,24,28)(H,25,30). The Morgan fingerprint density at radius 3 is 2.56 bits per heavy atom. The summed E-state index contributed by atoms with van der Waals surface area (Å²) in [5.41, 5.74) is 0.280. The van der Waals surface area contributed by atoms with Gasteiger partial charge in [-0.1, -0.05) is 29.4 Å². The molecule has 2 aromatic carbocycles. The van der Waals surface area contributed by atoms with E-state index in [1.807, 2.05) is 0 Å². The number of aromatic nitrogens is 2. The number of benzene rings is 2. The molecule has 4 amide bonds. The van der Waals surface area contributed by atoms with E-state index in [4.69, 9.17) is 9.26 Å². The Hall–Kier alpha value is -4.21. The van der Waals surface area contributed by atoms with Crippen LogP contribution < -0.4 is 15.4 Å². The van der Waals surface area contributed by atoms with Crippen LogP contribution in [0.5, 0.6) is 5.75 Å². The Morgan fingerprint density at radius 2 is 1.91 bits per heavy atom. The molecule has 1 aromatic heterocycles. The number of imide groups is 1. The van der Waals surface area contributed by atoms with Gasteiger partial charge in [-0.05, 0) is 36.8 Å². The molecule has 3 aromatic rings. The maximum atomic E-state index is 13.1. The first-order valence-corrected chi connectivity index (χ1v) is 9.80. The van der Waals surface area contributed by atoms with Gasteiger partial charge in [0, 0.05) is 12.5 Å². The molecule has 0 spiro atoms. The van der Waals surface area contributed by atoms with Gasteiger partial charge in [-0.3, -0.25) is 14.5 Å². The number of amides is 4. The van der Waals surface area contributed by atoms with E-state index in [9.17, 15) is 14.4 Å². The zero-order valence-electron chi connectivity index (χ0n) is 17.7. The number of hydrogen-bond acceptors (Lipinski definition) is 7. The molecule has 0 bridgehead atoms. The van der Waals surface area contributed by atoms with Gasteiger partial charge in [-0.25, -0.2) is 4.79 Å². The topological polar surface area (TPSA) is 127 Å². The molecule has 1 aliphatic rings. The predicted octanol–water partition coefficient (Wildman–Crippen LogP) is 2.46. The minimum Gasteiger partial charge on any atom is -0.497 e. The van der Waals surface area contributed by atoms with Gasteiger partial charge in [0.1, 0.15) is 17.8 Å². The van der Waals surface area contributed by atoms with Crippen molar-refractivity contribution in [3.05, 3.63) is 60.0 Å². The Morgan fingerprint density at radius 1 is 1.19 bits per heavy atom. The van der Waals surface area contributed by atoms with Gasteiger partial charge >= 0.3 is 6.03 Å². The summed E-state index contributed by atoms with van der Waals surface area (Å²) in [5, 5.41) is 9.27. The Kier molecular flexibility index (Phi) is 5.35. The molecular formula is C22H21N5O5. The zero-order chi connectivity index (χ0) is 22.9. The van der Waals surface area contributed by atoms with Crippen molar-refractivity contribution in [2.24, 2.45) is 0 Å². The summed E-state index contributed by atoms with van der Waals surface area (Å²) in [6.07, 6.45) is 0. The first-order chi connectivity index (χ1) is 15.3. The maximum Gasteiger partial charge on any atom is 0.325 e. The third-order valence-electron chi connectivity index (χ3n) is 5.21. The van der Waals surface area contributed by atoms with Crippen LogP contribution in [0.2, 0.25) is 0 Å². The second-order valence-electron chi connectivity index (χ2n) is 7.41. The normalized spacial score (nSPS) is 17.9. The molecule has 10 heteroatoms. The zero-order valence-corrected chi connectivity index (χ0v) is 17.7. The molecule has 164 valence electrons. The molecule has 1 saturated heterocycles. The maximum absolute atomic E-state index is 13.1. The highest BCUT2D eigenvalue weighted by Gasteiger charge is 2.49. The van der Waals surface area contributed by atoms with Crippen LogP contribution in [0.1, 0.15) is 18.4 Å². The molecule has 0 aliphatic carbocycles. The van der Waals surface area contributed by atoms with E-state index in [0.29, 0.717) is 34.3 Å². The van der Waals surface area contributed by atoms with Crippen molar-refractivity contribution in [3.63, 3.8) is 0 Å². The molecule has 1 atom stereocenters. The third kappa shape index (κ3) is 3.78. The smallest absolute Gasteiger partial charge is 0.325 e. The number of carbonyl (C=O) groups excluding carboxylic acids is 3. The van der Waals surface area contributed by atoms with Gasteiger partial charge in [-0.15, -0.1) is 0 Å². The average Bonchev–Trinajstić information content (AvgIpc) is 3.31. The quantitative estimate of drug-likeness (QED) is 0.570. The molecule has 32 heavy (non-hydrogen) atoms. The van der Waals surface area contributed by atoms with E-state index < -0.39 is 29.9 Å². The van der Waals surface area contributed by atoms with E-state index in [1.165, 1.54) is 7.11 Å². The molecule has 1 fully saturated rings. The molecular weight excluding hydrogens is 414 g/mol. The van der Waals surface area contributed by atoms with Gasteiger partial charge in [0.05, 0.1) is 12.8 Å². The van der Waals surface area contributed by atoms with Gasteiger partial charge in [0.15, 0.2) is 0 Å². The summed E-state index contributed by atoms with van der Waals surface area (Å²) in [5.74, 6) is 0.268. The summed E-state index contributed by atoms with van der Waals surface area (Å²) in [6.45, 7) is 2.81. The fourth-order valence-corrected chi connectivity index (χ4v) is 3.49. The monoisotopic (exact) mass is 435 g/mol. The van der Waals surface area contributed by atoms with E-state index in [1.54, 1.807) is 62.4 Å². The van der Waals surface area contributed by atoms with Gasteiger partial charge in [0.2, 0.25) is 17.6 Å². The third-order valence-corrected chi connectivity index (χ3v) is 5.21. The minimum absolute atomic E-state index is 0.320. The number of hydrogen-bond donors (Lipinski definition) is 2. The number of nitrogens with one attached hydrogen (secondary N) is 2. The molecule has 0 radical (unpaired) electrons. The number of ether oxygens (including phenoxy) is 1. The molecule has 2 N–H and O–H groups in total. The lowest BCUT2D eigenvalue weighted by Gasteiger charge is -2.22. The van der Waals surface area contributed by atoms with Crippen molar-refractivity contribution < 1.29 is 23.6 Å². The minimum atomic E-state index is -1.29. The lowest BCUT2D eigenvalue weighted by atomic mass is 9.92. The number of carbonyl (C=O) groups is 3. The summed E-state index contributed by atoms with van der Waals surface area (Å²) in [6, 6.07) is 13.1. The number of anilines is 1. The van der Waals surface area contributed by atoms with Gasteiger partial charge in [-0.2, -0.15) is 4.98 Å². The van der Waals surface area contributed by atoms with Crippen LogP contribution in [0.15, 0.2) is 53.1 Å². The summed E-state index contributed by atoms with van der Waals surface area (Å²) < 4.78 is 10.1. The Labute approximate surface area is 183 Å². The summed E-state index contributed by atoms with van der Waals surface area (Å²) in [7, 11) is 1.54. The fraction of sp³-hybridized carbons (Fsp3) is 0.227. The fourth-order valence-electron chi connectivity index (χ4n) is 3.49. The van der Waals surface area contributed by atoms with Crippen LogP contribution >= 0.6 is 0 Å². The largest absolute Gasteiger partial charge is 0.497 e. The van der Waals surface area contributed by atoms with E-state index >= 15 is 0 Å². The van der Waals surface area contributed by atoms with Crippen LogP contribution in [0, 0.1) is 6.92 Å². The van der Waals surface area contributed by atoms with Crippen LogP contribution in [0.25, 0.3) is 11.4 Å². The van der Waals surface area contributed by atoms with Crippen molar-refractivity contribution in [2.75, 3.05) is 19.0 Å². The second-order valence-corrected chi connectivity index (χ2v) is 7.41. The number of methoxy groups -OCH3 is 1. The van der Waals surface area contributed by atoms with Crippen molar-refractivity contribution >= 4 is 23.5 Å². The van der Waals surface area contributed by atoms with Crippen molar-refractivity contribution in [1.82, 2.24) is 20.4 Å². The molecule has 10 nitrogen and oxygen atoms in total. The summed E-state index contributed by atoms with van der Waals surface area (Å²) in [4.78, 5) is 43.4. The number of nitrogens with zero attached hydrogens (tertiary/aromatic N) is 3. The number of para-hydroxylation sites is 1. The van der Waals surface area contributed by atoms with Crippen LogP contribution in [-0.2, 0) is 15.1 Å². The second kappa shape index (κ2) is 8.14. The van der Waals surface area contributed by atoms with Crippen molar-refractivity contribution in [3.8, 4) is 17.1 Å². The first kappa shape index (κ1) is 21.0. The first-order valence-electron chi connectivity index (χ1n) is 9.80. The highest BCUT2D eigenvalue weighted by Crippen LogP contribution is 2.30. The van der Waals surface area contributed by atoms with E-state index in [-0.39, 0.29) is 0 Å². The molecule has 4 rings (SSSR count). The lowest BCUT2D eigenvalue weighted by Crippen LogP contribution is -2.42. The Balaban J connectivity index is 1.51. The van der Waals surface area contributed by atoms with E-state index in [2.05, 4.69) is 20.8 Å². The van der Waals surface area contributed by atoms with Crippen molar-refractivity contribution in [1.29, 1.82) is 0 Å². The van der Waals surface area contributed by atoms with Crippen LogP contribution in [0.4, 0.5) is 10.5 Å². The predicted molar refractivity (Wildman–Crippen MR) is 114 cm³/mol.